The Morgan fingerprint density at radius 3 is 1.72 bits per heavy atom. The molecule has 2 aliphatic rings. The minimum atomic E-state index is 0.267. The lowest BCUT2D eigenvalue weighted by molar-refractivity contribution is 0.374. The van der Waals surface area contributed by atoms with Crippen LogP contribution in [0.2, 0.25) is 0 Å². The molecule has 25 heavy (non-hydrogen) atoms. The van der Waals surface area contributed by atoms with E-state index in [2.05, 4.69) is 24.3 Å². The van der Waals surface area contributed by atoms with Crippen molar-refractivity contribution in [3.63, 3.8) is 0 Å². The Morgan fingerprint density at radius 2 is 1.16 bits per heavy atom. The number of aromatic hydroxyl groups is 1. The van der Waals surface area contributed by atoms with Gasteiger partial charge >= 0.3 is 0 Å². The molecule has 0 radical (unpaired) electrons. The van der Waals surface area contributed by atoms with E-state index in [0.29, 0.717) is 13.2 Å². The van der Waals surface area contributed by atoms with Gasteiger partial charge in [-0.25, -0.2) is 0 Å². The Kier molecular flexibility index (Phi) is 3.07. The zero-order chi connectivity index (χ0) is 16.8. The Labute approximate surface area is 145 Å². The summed E-state index contributed by atoms with van der Waals surface area (Å²) in [4.78, 5) is 0. The highest BCUT2D eigenvalue weighted by atomic mass is 16.5. The van der Waals surface area contributed by atoms with E-state index in [4.69, 9.17) is 9.47 Å². The zero-order valence-corrected chi connectivity index (χ0v) is 13.5. The van der Waals surface area contributed by atoms with Crippen molar-refractivity contribution < 1.29 is 14.6 Å². The molecule has 0 bridgehead atoms. The van der Waals surface area contributed by atoms with Crippen LogP contribution >= 0.6 is 0 Å². The minimum Gasteiger partial charge on any atom is -0.508 e. The summed E-state index contributed by atoms with van der Waals surface area (Å²) in [7, 11) is 0. The Hall–Kier alpha value is -3.20. The van der Waals surface area contributed by atoms with Gasteiger partial charge in [-0.05, 0) is 35.4 Å². The van der Waals surface area contributed by atoms with Crippen LogP contribution in [0.3, 0.4) is 0 Å². The molecule has 2 heterocycles. The maximum atomic E-state index is 9.50. The van der Waals surface area contributed by atoms with Gasteiger partial charge in [0.15, 0.2) is 0 Å². The van der Waals surface area contributed by atoms with E-state index in [1.165, 1.54) is 11.1 Å². The summed E-state index contributed by atoms with van der Waals surface area (Å²) in [5.41, 5.74) is 4.55. The van der Waals surface area contributed by atoms with Crippen LogP contribution in [-0.2, 0) is 0 Å². The first-order valence-corrected chi connectivity index (χ1v) is 8.30. The van der Waals surface area contributed by atoms with Crippen LogP contribution in [0, 0.1) is 0 Å². The van der Waals surface area contributed by atoms with E-state index < -0.39 is 0 Å². The van der Waals surface area contributed by atoms with E-state index in [1.54, 1.807) is 12.1 Å². The molecule has 0 amide bonds. The van der Waals surface area contributed by atoms with Crippen LogP contribution in [0.25, 0.3) is 11.1 Å². The summed E-state index contributed by atoms with van der Waals surface area (Å²) in [6.07, 6.45) is 0. The normalized spacial score (nSPS) is 14.7. The average Bonchev–Trinajstić information content (AvgIpc) is 3.25. The summed E-state index contributed by atoms with van der Waals surface area (Å²) in [6.45, 7) is 1.11. The van der Waals surface area contributed by atoms with Gasteiger partial charge in [-0.2, -0.15) is 0 Å². The first-order valence-electron chi connectivity index (χ1n) is 8.30. The molecule has 0 atom stereocenters. The summed E-state index contributed by atoms with van der Waals surface area (Å²) >= 11 is 0. The van der Waals surface area contributed by atoms with E-state index in [-0.39, 0.29) is 5.75 Å². The second kappa shape index (κ2) is 5.42. The molecule has 0 saturated carbocycles. The highest BCUT2D eigenvalue weighted by molar-refractivity contribution is 5.75. The van der Waals surface area contributed by atoms with Crippen molar-refractivity contribution in [2.75, 3.05) is 13.2 Å². The molecule has 0 unspecified atom stereocenters. The largest absolute Gasteiger partial charge is 0.508 e. The molecule has 0 aliphatic carbocycles. The van der Waals surface area contributed by atoms with Crippen LogP contribution in [0.5, 0.6) is 17.2 Å². The highest BCUT2D eigenvalue weighted by Crippen LogP contribution is 2.26. The molecule has 3 aromatic carbocycles. The summed E-state index contributed by atoms with van der Waals surface area (Å²) in [5.74, 6) is 2.06. The number of fused-ring (bicyclic) bond motifs is 2. The second-order valence-corrected chi connectivity index (χ2v) is 6.29. The van der Waals surface area contributed by atoms with Crippen molar-refractivity contribution in [3.05, 3.63) is 88.3 Å². The predicted octanol–water partition coefficient (Wildman–Crippen LogP) is 2.58. The van der Waals surface area contributed by atoms with Gasteiger partial charge in [0.2, 0.25) is 0 Å². The third-order valence-electron chi connectivity index (χ3n) is 4.81. The summed E-state index contributed by atoms with van der Waals surface area (Å²) < 4.78 is 11.9. The van der Waals surface area contributed by atoms with Crippen LogP contribution < -0.4 is 19.9 Å². The fraction of sp³-hybridized carbons (Fsp3) is 0.0909. The lowest BCUT2D eigenvalue weighted by Crippen LogP contribution is -2.11. The third-order valence-corrected chi connectivity index (χ3v) is 4.81. The molecule has 3 heteroatoms. The Balaban J connectivity index is 1.71. The lowest BCUT2D eigenvalue weighted by Gasteiger charge is -2.01. The lowest BCUT2D eigenvalue weighted by atomic mass is 10.0. The van der Waals surface area contributed by atoms with Gasteiger partial charge in [0, 0.05) is 21.6 Å². The number of benzene rings is 3. The summed E-state index contributed by atoms with van der Waals surface area (Å²) in [6, 6.07) is 21.7. The van der Waals surface area contributed by atoms with E-state index >= 15 is 0 Å². The zero-order valence-electron chi connectivity index (χ0n) is 13.5. The molecular formula is C22H16O3. The molecule has 0 spiro atoms. The topological polar surface area (TPSA) is 38.7 Å². The molecular weight excluding hydrogens is 312 g/mol. The smallest absolute Gasteiger partial charge is 0.128 e. The van der Waals surface area contributed by atoms with Crippen molar-refractivity contribution in [3.8, 4) is 17.2 Å². The van der Waals surface area contributed by atoms with E-state index in [9.17, 15) is 5.11 Å². The maximum absolute atomic E-state index is 9.50. The quantitative estimate of drug-likeness (QED) is 0.786. The molecule has 0 fully saturated rings. The van der Waals surface area contributed by atoms with Gasteiger partial charge in [-0.1, -0.05) is 42.5 Å². The Morgan fingerprint density at radius 1 is 0.640 bits per heavy atom. The van der Waals surface area contributed by atoms with Crippen molar-refractivity contribution >= 4 is 11.1 Å². The standard InChI is InChI=1S/C22H16O3/c23-16-8-6-15(7-9-16)20-13-25-22-10-17-19(14-4-2-1-3-5-14)12-24-21(17)11-18(20)22/h1-11,23H,12-13H2. The highest BCUT2D eigenvalue weighted by Gasteiger charge is 2.21. The molecule has 3 nitrogen and oxygen atoms in total. The third kappa shape index (κ3) is 2.28. The van der Waals surface area contributed by atoms with E-state index in [1.807, 2.05) is 30.3 Å². The molecule has 122 valence electrons. The first-order chi connectivity index (χ1) is 12.3. The number of hydrogen-bond donors (Lipinski definition) is 1. The summed E-state index contributed by atoms with van der Waals surface area (Å²) in [5, 5.41) is 11.7. The van der Waals surface area contributed by atoms with Crippen molar-refractivity contribution in [2.24, 2.45) is 0 Å². The van der Waals surface area contributed by atoms with Gasteiger partial charge in [0.05, 0.1) is 0 Å². The molecule has 2 aliphatic heterocycles. The molecule has 1 N–H and O–H groups in total. The van der Waals surface area contributed by atoms with Crippen LogP contribution in [0.15, 0.2) is 66.7 Å². The van der Waals surface area contributed by atoms with Crippen molar-refractivity contribution in [1.82, 2.24) is 0 Å². The number of ether oxygens (including phenoxy) is 2. The fourth-order valence-electron chi connectivity index (χ4n) is 3.51. The van der Waals surface area contributed by atoms with Crippen molar-refractivity contribution in [1.29, 1.82) is 0 Å². The van der Waals surface area contributed by atoms with Crippen molar-refractivity contribution in [2.45, 2.75) is 0 Å². The van der Waals surface area contributed by atoms with Gasteiger partial charge in [0.1, 0.15) is 30.5 Å². The van der Waals surface area contributed by atoms with Crippen LogP contribution in [0.1, 0.15) is 11.1 Å². The predicted molar refractivity (Wildman–Crippen MR) is 96.3 cm³/mol. The number of rotatable bonds is 2. The molecule has 0 saturated heterocycles. The van der Waals surface area contributed by atoms with Gasteiger partial charge in [-0.3, -0.25) is 0 Å². The molecule has 5 rings (SSSR count). The molecule has 0 aromatic heterocycles. The maximum Gasteiger partial charge on any atom is 0.128 e. The molecule has 3 aromatic rings. The number of phenols is 1. The van der Waals surface area contributed by atoms with Gasteiger partial charge < -0.3 is 14.6 Å². The van der Waals surface area contributed by atoms with Crippen LogP contribution in [0.4, 0.5) is 0 Å². The fourth-order valence-corrected chi connectivity index (χ4v) is 3.51. The second-order valence-electron chi connectivity index (χ2n) is 6.29. The first kappa shape index (κ1) is 14.2. The minimum absolute atomic E-state index is 0.267. The monoisotopic (exact) mass is 328 g/mol. The van der Waals surface area contributed by atoms with Gasteiger partial charge in [0.25, 0.3) is 0 Å². The average molecular weight is 328 g/mol. The van der Waals surface area contributed by atoms with E-state index in [0.717, 1.165) is 33.1 Å². The van der Waals surface area contributed by atoms with Crippen LogP contribution in [-0.4, -0.2) is 18.3 Å². The SMILES string of the molecule is Oc1ccc(C2=c3cc4c(cc3OC2)=C(c2ccccc2)CO4)cc1. The Bertz CT molecular complexity index is 1080. The number of hydrogen-bond acceptors (Lipinski definition) is 3. The number of phenolic OH excluding ortho intramolecular Hbond substituents is 1. The van der Waals surface area contributed by atoms with Gasteiger partial charge in [-0.15, -0.1) is 0 Å².